The first-order chi connectivity index (χ1) is 12.8. The van der Waals surface area contributed by atoms with Gasteiger partial charge in [0.15, 0.2) is 0 Å². The molecule has 0 saturated heterocycles. The SMILES string of the molecule is CC(C)(C)OC(=O)N1Cc2ccc(NC(=O)C=Cc3ccccc3)cc2C1. The van der Waals surface area contributed by atoms with Gasteiger partial charge in [0.2, 0.25) is 5.91 Å². The number of nitrogens with one attached hydrogen (secondary N) is 1. The van der Waals surface area contributed by atoms with E-state index in [0.29, 0.717) is 18.8 Å². The number of rotatable bonds is 3. The van der Waals surface area contributed by atoms with E-state index in [4.69, 9.17) is 4.74 Å². The van der Waals surface area contributed by atoms with Crippen molar-refractivity contribution in [3.63, 3.8) is 0 Å². The minimum atomic E-state index is -0.518. The van der Waals surface area contributed by atoms with E-state index in [9.17, 15) is 9.59 Å². The molecular weight excluding hydrogens is 340 g/mol. The Labute approximate surface area is 159 Å². The molecule has 1 heterocycles. The van der Waals surface area contributed by atoms with Crippen LogP contribution in [0.3, 0.4) is 0 Å². The molecule has 2 amide bonds. The van der Waals surface area contributed by atoms with Gasteiger partial charge in [-0.1, -0.05) is 36.4 Å². The van der Waals surface area contributed by atoms with Crippen molar-refractivity contribution in [2.45, 2.75) is 39.5 Å². The van der Waals surface area contributed by atoms with Crippen LogP contribution in [0.1, 0.15) is 37.5 Å². The van der Waals surface area contributed by atoms with Crippen molar-refractivity contribution in [3.8, 4) is 0 Å². The van der Waals surface area contributed by atoms with Gasteiger partial charge in [0.05, 0.1) is 0 Å². The van der Waals surface area contributed by atoms with Gasteiger partial charge in [-0.2, -0.15) is 0 Å². The summed E-state index contributed by atoms with van der Waals surface area (Å²) in [4.78, 5) is 26.0. The van der Waals surface area contributed by atoms with Crippen LogP contribution in [-0.2, 0) is 22.6 Å². The van der Waals surface area contributed by atoms with Crippen LogP contribution in [-0.4, -0.2) is 22.5 Å². The minimum absolute atomic E-state index is 0.194. The molecule has 1 N–H and O–H groups in total. The molecule has 0 atom stereocenters. The molecule has 5 heteroatoms. The molecule has 0 bridgehead atoms. The number of fused-ring (bicyclic) bond motifs is 1. The number of ether oxygens (including phenoxy) is 1. The van der Waals surface area contributed by atoms with Crippen LogP contribution >= 0.6 is 0 Å². The molecule has 0 radical (unpaired) electrons. The third-order valence-electron chi connectivity index (χ3n) is 4.07. The highest BCUT2D eigenvalue weighted by atomic mass is 16.6. The first-order valence-corrected chi connectivity index (χ1v) is 8.94. The Balaban J connectivity index is 1.61. The van der Waals surface area contributed by atoms with E-state index in [1.54, 1.807) is 11.0 Å². The Morgan fingerprint density at radius 3 is 2.44 bits per heavy atom. The van der Waals surface area contributed by atoms with Crippen LogP contribution in [0.5, 0.6) is 0 Å². The molecular formula is C22H24N2O3. The van der Waals surface area contributed by atoms with Crippen molar-refractivity contribution in [2.24, 2.45) is 0 Å². The van der Waals surface area contributed by atoms with E-state index >= 15 is 0 Å². The lowest BCUT2D eigenvalue weighted by atomic mass is 10.1. The van der Waals surface area contributed by atoms with Gasteiger partial charge in [0.25, 0.3) is 0 Å². The predicted molar refractivity (Wildman–Crippen MR) is 106 cm³/mol. The first-order valence-electron chi connectivity index (χ1n) is 8.94. The Bertz CT molecular complexity index is 867. The number of hydrogen-bond acceptors (Lipinski definition) is 3. The molecule has 1 aliphatic heterocycles. The van der Waals surface area contributed by atoms with Crippen LogP contribution in [0.25, 0.3) is 6.08 Å². The molecule has 0 fully saturated rings. The number of anilines is 1. The second kappa shape index (κ2) is 7.66. The molecule has 0 aliphatic carbocycles. The summed E-state index contributed by atoms with van der Waals surface area (Å²) in [7, 11) is 0. The number of amides is 2. The fourth-order valence-electron chi connectivity index (χ4n) is 2.85. The van der Waals surface area contributed by atoms with Crippen LogP contribution in [0, 0.1) is 0 Å². The van der Waals surface area contributed by atoms with Crippen molar-refractivity contribution in [1.29, 1.82) is 0 Å². The zero-order valence-electron chi connectivity index (χ0n) is 15.9. The number of carbonyl (C=O) groups excluding carboxylic acids is 2. The Kier molecular flexibility index (Phi) is 5.31. The molecule has 0 unspecified atom stereocenters. The normalized spacial score (nSPS) is 13.5. The summed E-state index contributed by atoms with van der Waals surface area (Å²) in [6.45, 7) is 6.56. The maximum Gasteiger partial charge on any atom is 0.410 e. The third kappa shape index (κ3) is 5.20. The van der Waals surface area contributed by atoms with Gasteiger partial charge in [0.1, 0.15) is 5.60 Å². The summed E-state index contributed by atoms with van der Waals surface area (Å²) >= 11 is 0. The third-order valence-corrected chi connectivity index (χ3v) is 4.07. The standard InChI is InChI=1S/C22H24N2O3/c1-22(2,3)27-21(26)24-14-17-10-11-19(13-18(17)15-24)23-20(25)12-9-16-7-5-4-6-8-16/h4-13H,14-15H2,1-3H3,(H,23,25). The van der Waals surface area contributed by atoms with Gasteiger partial charge in [-0.25, -0.2) is 4.79 Å². The average molecular weight is 364 g/mol. The van der Waals surface area contributed by atoms with Gasteiger partial charge >= 0.3 is 6.09 Å². The Hall–Kier alpha value is -3.08. The lowest BCUT2D eigenvalue weighted by molar-refractivity contribution is -0.111. The average Bonchev–Trinajstić information content (AvgIpc) is 3.03. The first kappa shape index (κ1) is 18.7. The molecule has 0 spiro atoms. The zero-order chi connectivity index (χ0) is 19.4. The lowest BCUT2D eigenvalue weighted by Crippen LogP contribution is -2.33. The van der Waals surface area contributed by atoms with E-state index < -0.39 is 5.60 Å². The molecule has 0 aromatic heterocycles. The molecule has 5 nitrogen and oxygen atoms in total. The highest BCUT2D eigenvalue weighted by Gasteiger charge is 2.27. The van der Waals surface area contributed by atoms with Gasteiger partial charge in [-0.3, -0.25) is 9.69 Å². The zero-order valence-corrected chi connectivity index (χ0v) is 15.9. The number of benzene rings is 2. The maximum atomic E-state index is 12.2. The van der Waals surface area contributed by atoms with Crippen molar-refractivity contribution in [1.82, 2.24) is 4.90 Å². The monoisotopic (exact) mass is 364 g/mol. The number of nitrogens with zero attached hydrogens (tertiary/aromatic N) is 1. The van der Waals surface area contributed by atoms with Crippen molar-refractivity contribution in [3.05, 3.63) is 71.3 Å². The van der Waals surface area contributed by atoms with E-state index in [2.05, 4.69) is 5.32 Å². The van der Waals surface area contributed by atoms with Crippen molar-refractivity contribution in [2.75, 3.05) is 5.32 Å². The van der Waals surface area contributed by atoms with Crippen LogP contribution in [0.15, 0.2) is 54.6 Å². The Morgan fingerprint density at radius 2 is 1.74 bits per heavy atom. The summed E-state index contributed by atoms with van der Waals surface area (Å²) in [6.07, 6.45) is 2.96. The quantitative estimate of drug-likeness (QED) is 0.811. The van der Waals surface area contributed by atoms with Crippen molar-refractivity contribution < 1.29 is 14.3 Å². The van der Waals surface area contributed by atoms with Crippen LogP contribution in [0.4, 0.5) is 10.5 Å². The summed E-state index contributed by atoms with van der Waals surface area (Å²) < 4.78 is 5.43. The van der Waals surface area contributed by atoms with E-state index in [-0.39, 0.29) is 12.0 Å². The lowest BCUT2D eigenvalue weighted by Gasteiger charge is -2.24. The largest absolute Gasteiger partial charge is 0.444 e. The Morgan fingerprint density at radius 1 is 1.04 bits per heavy atom. The van der Waals surface area contributed by atoms with E-state index in [1.807, 2.05) is 69.3 Å². The molecule has 0 saturated carbocycles. The summed E-state index contributed by atoms with van der Waals surface area (Å²) in [6, 6.07) is 15.4. The molecule has 27 heavy (non-hydrogen) atoms. The fourth-order valence-corrected chi connectivity index (χ4v) is 2.85. The van der Waals surface area contributed by atoms with Crippen LogP contribution in [0.2, 0.25) is 0 Å². The minimum Gasteiger partial charge on any atom is -0.444 e. The molecule has 140 valence electrons. The predicted octanol–water partition coefficient (Wildman–Crippen LogP) is 4.59. The van der Waals surface area contributed by atoms with E-state index in [1.165, 1.54) is 6.08 Å². The van der Waals surface area contributed by atoms with Gasteiger partial charge < -0.3 is 10.1 Å². The number of hydrogen-bond donors (Lipinski definition) is 1. The molecule has 2 aromatic rings. The van der Waals surface area contributed by atoms with Crippen LogP contribution < -0.4 is 5.32 Å². The number of carbonyl (C=O) groups is 2. The summed E-state index contributed by atoms with van der Waals surface area (Å²) in [5, 5.41) is 2.86. The topological polar surface area (TPSA) is 58.6 Å². The van der Waals surface area contributed by atoms with Gasteiger partial charge in [-0.05, 0) is 55.7 Å². The maximum absolute atomic E-state index is 12.2. The second-order valence-corrected chi connectivity index (χ2v) is 7.55. The highest BCUT2D eigenvalue weighted by Crippen LogP contribution is 2.27. The molecule has 2 aromatic carbocycles. The van der Waals surface area contributed by atoms with Crippen molar-refractivity contribution >= 4 is 23.8 Å². The second-order valence-electron chi connectivity index (χ2n) is 7.55. The van der Waals surface area contributed by atoms with Gasteiger partial charge in [-0.15, -0.1) is 0 Å². The van der Waals surface area contributed by atoms with E-state index in [0.717, 1.165) is 16.7 Å². The summed E-state index contributed by atoms with van der Waals surface area (Å²) in [5.74, 6) is -0.194. The molecule has 3 rings (SSSR count). The highest BCUT2D eigenvalue weighted by molar-refractivity contribution is 6.02. The molecule has 1 aliphatic rings. The fraction of sp³-hybridized carbons (Fsp3) is 0.273. The smallest absolute Gasteiger partial charge is 0.410 e. The van der Waals surface area contributed by atoms with Gasteiger partial charge in [0, 0.05) is 24.9 Å². The summed E-state index contributed by atoms with van der Waals surface area (Å²) in [5.41, 5.74) is 3.25.